The molecule has 194 valence electrons. The average molecular weight is 528 g/mol. The van der Waals surface area contributed by atoms with Crippen LogP contribution in [-0.2, 0) is 18.2 Å². The van der Waals surface area contributed by atoms with E-state index < -0.39 is 14.7 Å². The lowest BCUT2D eigenvalue weighted by molar-refractivity contribution is 0.219. The van der Waals surface area contributed by atoms with Crippen LogP contribution in [0.5, 0.6) is 0 Å². The van der Waals surface area contributed by atoms with Gasteiger partial charge in [-0.05, 0) is 39.7 Å². The second-order valence-electron chi connectivity index (χ2n) is 8.94. The van der Waals surface area contributed by atoms with Crippen LogP contribution in [0.3, 0.4) is 0 Å². The maximum Gasteiger partial charge on any atom is 0.330 e. The molecule has 0 bridgehead atoms. The van der Waals surface area contributed by atoms with E-state index in [0.717, 1.165) is 16.2 Å². The second kappa shape index (κ2) is 13.5. The highest BCUT2D eigenvalue weighted by Gasteiger charge is 2.41. The molecule has 0 aliphatic heterocycles. The molecule has 3 aromatic rings. The van der Waals surface area contributed by atoms with Crippen molar-refractivity contribution in [3.05, 3.63) is 96.6 Å². The zero-order chi connectivity index (χ0) is 26.0. The maximum absolute atomic E-state index is 15.3. The van der Waals surface area contributed by atoms with Gasteiger partial charge in [0.2, 0.25) is 0 Å². The van der Waals surface area contributed by atoms with E-state index in [1.165, 1.54) is 0 Å². The number of nitrogens with one attached hydrogen (secondary N) is 1. The maximum atomic E-state index is 15.3. The molecular weight excluding hydrogens is 488 g/mol. The van der Waals surface area contributed by atoms with E-state index in [4.69, 9.17) is 9.05 Å². The van der Waals surface area contributed by atoms with Gasteiger partial charge in [0.1, 0.15) is 7.14 Å². The summed E-state index contributed by atoms with van der Waals surface area (Å²) >= 11 is 0. The van der Waals surface area contributed by atoms with Gasteiger partial charge in [-0.3, -0.25) is 4.57 Å². The van der Waals surface area contributed by atoms with Gasteiger partial charge in [0.05, 0.1) is 19.4 Å². The van der Waals surface area contributed by atoms with Crippen LogP contribution in [0.2, 0.25) is 0 Å². The third-order valence-electron chi connectivity index (χ3n) is 6.49. The fraction of sp³-hybridized carbons (Fsp3) is 0.379. The summed E-state index contributed by atoms with van der Waals surface area (Å²) in [4.78, 5) is 0. The summed E-state index contributed by atoms with van der Waals surface area (Å²) in [5, 5.41) is 5.29. The topological polar surface area (TPSA) is 64.6 Å². The first-order valence-electron chi connectivity index (χ1n) is 12.7. The van der Waals surface area contributed by atoms with Gasteiger partial charge >= 0.3 is 7.60 Å². The fourth-order valence-corrected chi connectivity index (χ4v) is 10.2. The number of hydrogen-bond donors (Lipinski definition) is 1. The molecular formula is C29H39NO4P2. The summed E-state index contributed by atoms with van der Waals surface area (Å²) < 4.78 is 39.9. The van der Waals surface area contributed by atoms with Crippen LogP contribution in [-0.4, -0.2) is 31.1 Å². The summed E-state index contributed by atoms with van der Waals surface area (Å²) in [6.07, 6.45) is 0.628. The Morgan fingerprint density at radius 3 is 1.61 bits per heavy atom. The zero-order valence-corrected chi connectivity index (χ0v) is 23.5. The molecule has 0 fully saturated rings. The first kappa shape index (κ1) is 28.6. The van der Waals surface area contributed by atoms with Gasteiger partial charge in [-0.25, -0.2) is 0 Å². The van der Waals surface area contributed by atoms with Gasteiger partial charge in [0.25, 0.3) is 0 Å². The van der Waals surface area contributed by atoms with Gasteiger partial charge in [0.15, 0.2) is 0 Å². The van der Waals surface area contributed by atoms with Crippen molar-refractivity contribution in [1.29, 1.82) is 0 Å². The molecule has 3 aromatic carbocycles. The van der Waals surface area contributed by atoms with Gasteiger partial charge < -0.3 is 18.9 Å². The van der Waals surface area contributed by atoms with E-state index in [1.54, 1.807) is 0 Å². The van der Waals surface area contributed by atoms with Crippen molar-refractivity contribution in [2.45, 2.75) is 51.9 Å². The number of hydrogen-bond acceptors (Lipinski definition) is 5. The van der Waals surface area contributed by atoms with Crippen molar-refractivity contribution in [3.63, 3.8) is 0 Å². The highest BCUT2D eigenvalue weighted by molar-refractivity contribution is 7.79. The van der Waals surface area contributed by atoms with Gasteiger partial charge in [-0.1, -0.05) is 91.0 Å². The Balaban J connectivity index is 2.05. The second-order valence-corrected chi connectivity index (χ2v) is 14.1. The molecule has 0 aromatic heterocycles. The van der Waals surface area contributed by atoms with Gasteiger partial charge in [0, 0.05) is 28.4 Å². The Kier molecular flexibility index (Phi) is 10.7. The molecule has 7 heteroatoms. The minimum Gasteiger partial charge on any atom is -0.313 e. The third kappa shape index (κ3) is 7.06. The Bertz CT molecular complexity index is 1090. The third-order valence-corrected chi connectivity index (χ3v) is 12.4. The number of rotatable bonds is 14. The lowest BCUT2D eigenvalue weighted by Crippen LogP contribution is -2.43. The summed E-state index contributed by atoms with van der Waals surface area (Å²) in [7, 11) is -6.46. The predicted octanol–water partition coefficient (Wildman–Crippen LogP) is 6.76. The van der Waals surface area contributed by atoms with Gasteiger partial charge in [-0.2, -0.15) is 0 Å². The Hall–Kier alpha value is -2.00. The average Bonchev–Trinajstić information content (AvgIpc) is 2.90. The smallest absolute Gasteiger partial charge is 0.313 e. The minimum absolute atomic E-state index is 0.0503. The van der Waals surface area contributed by atoms with Crippen molar-refractivity contribution in [3.8, 4) is 0 Å². The monoisotopic (exact) mass is 527 g/mol. The lowest BCUT2D eigenvalue weighted by atomic mass is 10.1. The van der Waals surface area contributed by atoms with Crippen LogP contribution in [0, 0.1) is 0 Å². The van der Waals surface area contributed by atoms with Crippen molar-refractivity contribution in [1.82, 2.24) is 5.32 Å². The van der Waals surface area contributed by atoms with E-state index in [9.17, 15) is 4.57 Å². The zero-order valence-electron chi connectivity index (χ0n) is 21.7. The van der Waals surface area contributed by atoms with Crippen LogP contribution in [0.15, 0.2) is 91.0 Å². The standard InChI is InChI=1S/C29H39NO4P2/c1-5-33-35(31,34-6-2)23-22-29(25(4)30-24(3)26-16-10-7-11-17-26)36(32,27-18-12-8-13-19-27)28-20-14-9-15-21-28/h7-21,24-25,29-30H,5-6,22-23H2,1-4H3/t24-,25?,29?/m0/s1. The van der Waals surface area contributed by atoms with E-state index in [2.05, 4.69) is 31.3 Å². The summed E-state index contributed by atoms with van der Waals surface area (Å²) in [6.45, 7) is 8.42. The van der Waals surface area contributed by atoms with Crippen molar-refractivity contribution in [2.24, 2.45) is 0 Å². The minimum atomic E-state index is -3.31. The van der Waals surface area contributed by atoms with Crippen molar-refractivity contribution in [2.75, 3.05) is 19.4 Å². The molecule has 2 unspecified atom stereocenters. The molecule has 3 rings (SSSR count). The largest absolute Gasteiger partial charge is 0.330 e. The highest BCUT2D eigenvalue weighted by atomic mass is 31.2. The highest BCUT2D eigenvalue weighted by Crippen LogP contribution is 2.55. The molecule has 0 amide bonds. The Morgan fingerprint density at radius 2 is 1.17 bits per heavy atom. The molecule has 0 aliphatic rings. The number of benzene rings is 3. The van der Waals surface area contributed by atoms with Crippen LogP contribution >= 0.6 is 14.7 Å². The predicted molar refractivity (Wildman–Crippen MR) is 151 cm³/mol. The molecule has 3 atom stereocenters. The van der Waals surface area contributed by atoms with Crippen LogP contribution in [0.1, 0.15) is 45.7 Å². The lowest BCUT2D eigenvalue weighted by Gasteiger charge is -2.35. The van der Waals surface area contributed by atoms with Crippen LogP contribution in [0.25, 0.3) is 0 Å². The fourth-order valence-electron chi connectivity index (χ4n) is 4.77. The van der Waals surface area contributed by atoms with Crippen molar-refractivity contribution < 1.29 is 18.2 Å². The molecule has 5 nitrogen and oxygen atoms in total. The summed E-state index contributed by atoms with van der Waals surface area (Å²) in [5.74, 6) is 0. The van der Waals surface area contributed by atoms with E-state index in [0.29, 0.717) is 19.6 Å². The van der Waals surface area contributed by atoms with Gasteiger partial charge in [-0.15, -0.1) is 0 Å². The quantitative estimate of drug-likeness (QED) is 0.235. The SMILES string of the molecule is CCOP(=O)(CCC(C(C)N[C@@H](C)c1ccccc1)P(=O)(c1ccccc1)c1ccccc1)OCC. The van der Waals surface area contributed by atoms with E-state index >= 15 is 4.57 Å². The molecule has 0 heterocycles. The first-order chi connectivity index (χ1) is 17.3. The molecule has 1 N–H and O–H groups in total. The normalized spacial score (nSPS) is 14.8. The molecule has 0 saturated heterocycles. The van der Waals surface area contributed by atoms with E-state index in [1.807, 2.05) is 92.7 Å². The van der Waals surface area contributed by atoms with Crippen molar-refractivity contribution >= 4 is 25.3 Å². The van der Waals surface area contributed by atoms with E-state index in [-0.39, 0.29) is 23.9 Å². The summed E-state index contributed by atoms with van der Waals surface area (Å²) in [6, 6.07) is 29.5. The van der Waals surface area contributed by atoms with Crippen LogP contribution < -0.4 is 15.9 Å². The molecule has 0 saturated carbocycles. The molecule has 36 heavy (non-hydrogen) atoms. The Morgan fingerprint density at radius 1 is 0.722 bits per heavy atom. The first-order valence-corrected chi connectivity index (χ1v) is 16.2. The molecule has 0 aliphatic carbocycles. The van der Waals surface area contributed by atoms with Crippen LogP contribution in [0.4, 0.5) is 0 Å². The summed E-state index contributed by atoms with van der Waals surface area (Å²) in [5.41, 5.74) is 0.828. The molecule has 0 radical (unpaired) electrons. The Labute approximate surface area is 216 Å². The molecule has 0 spiro atoms.